The van der Waals surface area contributed by atoms with Crippen molar-refractivity contribution < 1.29 is 9.15 Å². The quantitative estimate of drug-likeness (QED) is 0.404. The molecular formula is C24H19ClO3. The zero-order chi connectivity index (χ0) is 19.5. The van der Waals surface area contributed by atoms with Crippen LogP contribution in [0.5, 0.6) is 5.75 Å². The van der Waals surface area contributed by atoms with E-state index in [1.54, 1.807) is 6.07 Å². The summed E-state index contributed by atoms with van der Waals surface area (Å²) < 4.78 is 12.1. The monoisotopic (exact) mass is 390 g/mol. The van der Waals surface area contributed by atoms with Gasteiger partial charge in [-0.25, -0.2) is 0 Å². The van der Waals surface area contributed by atoms with Gasteiger partial charge in [-0.15, -0.1) is 0 Å². The van der Waals surface area contributed by atoms with Gasteiger partial charge >= 0.3 is 0 Å². The highest BCUT2D eigenvalue weighted by molar-refractivity contribution is 6.31. The van der Waals surface area contributed by atoms with Crippen molar-refractivity contribution in [2.24, 2.45) is 0 Å². The van der Waals surface area contributed by atoms with Crippen LogP contribution in [0.15, 0.2) is 82.0 Å². The molecule has 0 aliphatic rings. The minimum absolute atomic E-state index is 0.178. The van der Waals surface area contributed by atoms with Crippen LogP contribution in [0.4, 0.5) is 0 Å². The molecule has 0 N–H and O–H groups in total. The van der Waals surface area contributed by atoms with E-state index < -0.39 is 0 Å². The van der Waals surface area contributed by atoms with E-state index >= 15 is 0 Å². The molecule has 1 aromatic heterocycles. The summed E-state index contributed by atoms with van der Waals surface area (Å²) in [7, 11) is 0. The Balaban J connectivity index is 1.87. The molecule has 0 aliphatic heterocycles. The Morgan fingerprint density at radius 2 is 1.71 bits per heavy atom. The molecule has 0 amide bonds. The molecule has 4 aromatic rings. The maximum absolute atomic E-state index is 13.3. The third kappa shape index (κ3) is 3.54. The number of aryl methyl sites for hydroxylation is 1. The Morgan fingerprint density at radius 1 is 0.964 bits per heavy atom. The fourth-order valence-electron chi connectivity index (χ4n) is 3.12. The van der Waals surface area contributed by atoms with Gasteiger partial charge in [0.2, 0.25) is 11.2 Å². The lowest BCUT2D eigenvalue weighted by Gasteiger charge is -2.13. The average Bonchev–Trinajstić information content (AvgIpc) is 2.74. The molecule has 0 aliphatic carbocycles. The van der Waals surface area contributed by atoms with Crippen LogP contribution in [-0.2, 0) is 13.0 Å². The first-order valence-corrected chi connectivity index (χ1v) is 9.56. The third-order valence-corrected chi connectivity index (χ3v) is 5.06. The number of hydrogen-bond acceptors (Lipinski definition) is 3. The van der Waals surface area contributed by atoms with Crippen molar-refractivity contribution >= 4 is 22.6 Å². The molecule has 3 nitrogen and oxygen atoms in total. The first kappa shape index (κ1) is 18.3. The van der Waals surface area contributed by atoms with Crippen LogP contribution < -0.4 is 10.2 Å². The zero-order valence-corrected chi connectivity index (χ0v) is 16.2. The van der Waals surface area contributed by atoms with Crippen molar-refractivity contribution in [1.82, 2.24) is 0 Å². The summed E-state index contributed by atoms with van der Waals surface area (Å²) in [4.78, 5) is 13.3. The first-order valence-electron chi connectivity index (χ1n) is 9.18. The summed E-state index contributed by atoms with van der Waals surface area (Å²) >= 11 is 6.24. The Hall–Kier alpha value is -3.04. The molecule has 0 unspecified atom stereocenters. The molecular weight excluding hydrogens is 372 g/mol. The van der Waals surface area contributed by atoms with Gasteiger partial charge in [0.1, 0.15) is 12.2 Å². The van der Waals surface area contributed by atoms with Crippen LogP contribution in [0.1, 0.15) is 18.1 Å². The first-order chi connectivity index (χ1) is 13.7. The lowest BCUT2D eigenvalue weighted by molar-refractivity contribution is 0.298. The molecule has 0 fully saturated rings. The van der Waals surface area contributed by atoms with Gasteiger partial charge in [-0.1, -0.05) is 73.1 Å². The van der Waals surface area contributed by atoms with Crippen molar-refractivity contribution in [3.8, 4) is 17.1 Å². The number of benzene rings is 3. The number of hydrogen-bond donors (Lipinski definition) is 0. The van der Waals surface area contributed by atoms with Crippen LogP contribution in [0.2, 0.25) is 5.02 Å². The average molecular weight is 391 g/mol. The van der Waals surface area contributed by atoms with E-state index in [4.69, 9.17) is 20.8 Å². The van der Waals surface area contributed by atoms with Crippen LogP contribution in [-0.4, -0.2) is 0 Å². The molecule has 0 saturated heterocycles. The van der Waals surface area contributed by atoms with E-state index in [2.05, 4.69) is 6.92 Å². The fraction of sp³-hybridized carbons (Fsp3) is 0.125. The van der Waals surface area contributed by atoms with Gasteiger partial charge in [-0.05, 0) is 30.2 Å². The van der Waals surface area contributed by atoms with Crippen molar-refractivity contribution in [1.29, 1.82) is 0 Å². The van der Waals surface area contributed by atoms with Gasteiger partial charge in [0.15, 0.2) is 5.76 Å². The van der Waals surface area contributed by atoms with E-state index in [-0.39, 0.29) is 17.8 Å². The highest BCUT2D eigenvalue weighted by atomic mass is 35.5. The SMILES string of the molecule is CCc1ccc2oc(-c3ccccc3)c(OCc3ccccc3Cl)c(=O)c2c1. The number of ether oxygens (including phenoxy) is 1. The van der Waals surface area contributed by atoms with Gasteiger partial charge in [0.05, 0.1) is 5.39 Å². The molecule has 4 heteroatoms. The van der Waals surface area contributed by atoms with Crippen molar-refractivity contribution in [2.75, 3.05) is 0 Å². The Bertz CT molecular complexity index is 1180. The molecule has 0 spiro atoms. The third-order valence-electron chi connectivity index (χ3n) is 4.69. The zero-order valence-electron chi connectivity index (χ0n) is 15.4. The van der Waals surface area contributed by atoms with Crippen molar-refractivity contribution in [3.05, 3.63) is 99.2 Å². The number of fused-ring (bicyclic) bond motifs is 1. The van der Waals surface area contributed by atoms with E-state index in [0.29, 0.717) is 21.8 Å². The summed E-state index contributed by atoms with van der Waals surface area (Å²) in [6.07, 6.45) is 0.839. The molecule has 3 aromatic carbocycles. The van der Waals surface area contributed by atoms with Crippen molar-refractivity contribution in [2.45, 2.75) is 20.0 Å². The fourth-order valence-corrected chi connectivity index (χ4v) is 3.31. The van der Waals surface area contributed by atoms with Crippen LogP contribution in [0.25, 0.3) is 22.3 Å². The van der Waals surface area contributed by atoms with E-state index in [9.17, 15) is 4.79 Å². The normalized spacial score (nSPS) is 10.9. The van der Waals surface area contributed by atoms with Crippen LogP contribution in [0, 0.1) is 0 Å². The molecule has 0 bridgehead atoms. The van der Waals surface area contributed by atoms with E-state index in [1.165, 1.54) is 0 Å². The Morgan fingerprint density at radius 3 is 2.46 bits per heavy atom. The summed E-state index contributed by atoms with van der Waals surface area (Å²) in [5, 5.41) is 1.12. The summed E-state index contributed by atoms with van der Waals surface area (Å²) in [5.41, 5.74) is 3.04. The second kappa shape index (κ2) is 7.91. The Labute approximate surface area is 168 Å². The largest absolute Gasteiger partial charge is 0.481 e. The van der Waals surface area contributed by atoms with E-state index in [1.807, 2.05) is 66.7 Å². The highest BCUT2D eigenvalue weighted by Gasteiger charge is 2.18. The number of rotatable bonds is 5. The highest BCUT2D eigenvalue weighted by Crippen LogP contribution is 2.32. The number of halogens is 1. The van der Waals surface area contributed by atoms with Gasteiger partial charge in [-0.3, -0.25) is 4.79 Å². The van der Waals surface area contributed by atoms with E-state index in [0.717, 1.165) is 23.1 Å². The maximum atomic E-state index is 13.3. The van der Waals surface area contributed by atoms with Gasteiger partial charge in [0.25, 0.3) is 0 Å². The maximum Gasteiger partial charge on any atom is 0.235 e. The minimum Gasteiger partial charge on any atom is -0.481 e. The molecule has 28 heavy (non-hydrogen) atoms. The smallest absolute Gasteiger partial charge is 0.235 e. The molecule has 140 valence electrons. The van der Waals surface area contributed by atoms with Gasteiger partial charge < -0.3 is 9.15 Å². The second-order valence-corrected chi connectivity index (χ2v) is 6.93. The minimum atomic E-state index is -0.178. The topological polar surface area (TPSA) is 39.4 Å². The molecule has 0 atom stereocenters. The predicted molar refractivity (Wildman–Crippen MR) is 113 cm³/mol. The molecule has 1 heterocycles. The molecule has 0 radical (unpaired) electrons. The lowest BCUT2D eigenvalue weighted by atomic mass is 10.1. The molecule has 0 saturated carbocycles. The summed E-state index contributed by atoms with van der Waals surface area (Å²) in [5.74, 6) is 0.626. The Kier molecular flexibility index (Phi) is 5.18. The second-order valence-electron chi connectivity index (χ2n) is 6.52. The molecule has 4 rings (SSSR count). The van der Waals surface area contributed by atoms with Gasteiger partial charge in [0, 0.05) is 16.1 Å². The van der Waals surface area contributed by atoms with Crippen molar-refractivity contribution in [3.63, 3.8) is 0 Å². The van der Waals surface area contributed by atoms with Crippen LogP contribution in [0.3, 0.4) is 0 Å². The lowest BCUT2D eigenvalue weighted by Crippen LogP contribution is -2.10. The predicted octanol–water partition coefficient (Wildman–Crippen LogP) is 6.25. The summed E-state index contributed by atoms with van der Waals surface area (Å²) in [6, 6.07) is 22.6. The van der Waals surface area contributed by atoms with Crippen LogP contribution >= 0.6 is 11.6 Å². The van der Waals surface area contributed by atoms with Gasteiger partial charge in [-0.2, -0.15) is 0 Å². The standard InChI is InChI=1S/C24H19ClO3/c1-2-16-12-13-21-19(14-16)22(26)24(23(28-21)17-8-4-3-5-9-17)27-15-18-10-6-7-11-20(18)25/h3-14H,2,15H2,1H3. The summed E-state index contributed by atoms with van der Waals surface area (Å²) in [6.45, 7) is 2.24.